The molecule has 0 aromatic heterocycles. The number of hydrogen-bond acceptors (Lipinski definition) is 2. The largest absolute Gasteiger partial charge is 0.398 e. The minimum atomic E-state index is -0.932. The van der Waals surface area contributed by atoms with E-state index in [1.807, 2.05) is 6.92 Å². The molecule has 4 heteroatoms. The lowest BCUT2D eigenvalue weighted by Gasteiger charge is -2.16. The smallest absolute Gasteiger partial charge is 0.123 e. The van der Waals surface area contributed by atoms with Crippen molar-refractivity contribution >= 4 is 21.6 Å². The van der Waals surface area contributed by atoms with Gasteiger partial charge >= 0.3 is 0 Å². The molecule has 0 aliphatic carbocycles. The number of hydrogen-bond donors (Lipinski definition) is 2. The van der Waals surface area contributed by atoms with E-state index in [1.165, 1.54) is 12.1 Å². The summed E-state index contributed by atoms with van der Waals surface area (Å²) in [5.41, 5.74) is 8.24. The van der Waals surface area contributed by atoms with Crippen molar-refractivity contribution in [1.29, 1.82) is 0 Å². The van der Waals surface area contributed by atoms with Crippen molar-refractivity contribution in [1.82, 2.24) is 0 Å². The molecule has 2 rings (SSSR count). The molecular weight excluding hydrogens is 297 g/mol. The first-order valence-electron chi connectivity index (χ1n) is 5.48. The van der Waals surface area contributed by atoms with Crippen LogP contribution in [-0.2, 0) is 0 Å². The Morgan fingerprint density at radius 3 is 2.61 bits per heavy atom. The average Bonchev–Trinajstić information content (AvgIpc) is 2.34. The number of benzene rings is 2. The molecule has 0 spiro atoms. The lowest BCUT2D eigenvalue weighted by atomic mass is 9.96. The molecule has 1 atom stereocenters. The molecule has 94 valence electrons. The molecule has 2 aromatic rings. The van der Waals surface area contributed by atoms with Crippen LogP contribution in [0.15, 0.2) is 40.9 Å². The number of nitrogen functional groups attached to an aromatic ring is 1. The van der Waals surface area contributed by atoms with Gasteiger partial charge in [0, 0.05) is 15.7 Å². The Labute approximate surface area is 113 Å². The van der Waals surface area contributed by atoms with Crippen molar-refractivity contribution in [2.75, 3.05) is 5.73 Å². The SMILES string of the molecule is Cc1ccc(F)cc1C(O)c1cc(Br)ccc1N. The number of aliphatic hydroxyl groups excluding tert-OH is 1. The second kappa shape index (κ2) is 5.08. The third-order valence-electron chi connectivity index (χ3n) is 2.88. The molecule has 18 heavy (non-hydrogen) atoms. The molecule has 0 amide bonds. The van der Waals surface area contributed by atoms with Gasteiger partial charge in [0.2, 0.25) is 0 Å². The van der Waals surface area contributed by atoms with Crippen molar-refractivity contribution in [3.63, 3.8) is 0 Å². The molecule has 0 aliphatic heterocycles. The minimum Gasteiger partial charge on any atom is -0.398 e. The van der Waals surface area contributed by atoms with E-state index in [0.29, 0.717) is 16.8 Å². The van der Waals surface area contributed by atoms with Crippen molar-refractivity contribution in [3.8, 4) is 0 Å². The predicted molar refractivity (Wildman–Crippen MR) is 73.8 cm³/mol. The standard InChI is InChI=1S/C14H13BrFNO/c1-8-2-4-10(16)7-11(8)14(18)12-6-9(15)3-5-13(12)17/h2-7,14,18H,17H2,1H3. The van der Waals surface area contributed by atoms with Crippen molar-refractivity contribution in [2.24, 2.45) is 0 Å². The van der Waals surface area contributed by atoms with Gasteiger partial charge in [0.15, 0.2) is 0 Å². The molecule has 0 bridgehead atoms. The van der Waals surface area contributed by atoms with Crippen LogP contribution in [0.3, 0.4) is 0 Å². The third-order valence-corrected chi connectivity index (χ3v) is 3.37. The van der Waals surface area contributed by atoms with Crippen molar-refractivity contribution in [3.05, 3.63) is 63.4 Å². The average molecular weight is 310 g/mol. The summed E-state index contributed by atoms with van der Waals surface area (Å²) in [4.78, 5) is 0. The maximum absolute atomic E-state index is 13.3. The fourth-order valence-corrected chi connectivity index (χ4v) is 2.23. The Morgan fingerprint density at radius 1 is 1.17 bits per heavy atom. The zero-order valence-corrected chi connectivity index (χ0v) is 11.4. The first kappa shape index (κ1) is 13.1. The molecule has 1 unspecified atom stereocenters. The van der Waals surface area contributed by atoms with Crippen LogP contribution in [0.25, 0.3) is 0 Å². The number of aryl methyl sites for hydroxylation is 1. The van der Waals surface area contributed by atoms with Gasteiger partial charge in [0.25, 0.3) is 0 Å². The highest BCUT2D eigenvalue weighted by Gasteiger charge is 2.16. The lowest BCUT2D eigenvalue weighted by molar-refractivity contribution is 0.219. The van der Waals surface area contributed by atoms with Crippen LogP contribution in [0.4, 0.5) is 10.1 Å². The predicted octanol–water partition coefficient (Wildman–Crippen LogP) is 3.56. The van der Waals surface area contributed by atoms with E-state index in [-0.39, 0.29) is 5.82 Å². The van der Waals surface area contributed by atoms with Crippen LogP contribution in [-0.4, -0.2) is 5.11 Å². The monoisotopic (exact) mass is 309 g/mol. The van der Waals surface area contributed by atoms with Gasteiger partial charge in [-0.1, -0.05) is 22.0 Å². The van der Waals surface area contributed by atoms with E-state index < -0.39 is 6.10 Å². The molecule has 0 saturated carbocycles. The molecule has 0 saturated heterocycles. The highest BCUT2D eigenvalue weighted by atomic mass is 79.9. The van der Waals surface area contributed by atoms with Crippen LogP contribution in [0.5, 0.6) is 0 Å². The van der Waals surface area contributed by atoms with Crippen LogP contribution in [0.2, 0.25) is 0 Å². The first-order chi connectivity index (χ1) is 8.49. The van der Waals surface area contributed by atoms with Gasteiger partial charge in [-0.3, -0.25) is 0 Å². The van der Waals surface area contributed by atoms with Crippen LogP contribution in [0, 0.1) is 12.7 Å². The van der Waals surface area contributed by atoms with E-state index in [2.05, 4.69) is 15.9 Å². The van der Waals surface area contributed by atoms with E-state index in [4.69, 9.17) is 5.73 Å². The van der Waals surface area contributed by atoms with Gasteiger partial charge < -0.3 is 10.8 Å². The Balaban J connectivity index is 2.50. The van der Waals surface area contributed by atoms with E-state index in [0.717, 1.165) is 10.0 Å². The molecule has 2 aromatic carbocycles. The van der Waals surface area contributed by atoms with Gasteiger partial charge in [-0.05, 0) is 48.4 Å². The Morgan fingerprint density at radius 2 is 1.89 bits per heavy atom. The Bertz CT molecular complexity index is 535. The molecule has 0 aliphatic rings. The van der Waals surface area contributed by atoms with Gasteiger partial charge in [-0.15, -0.1) is 0 Å². The number of halogens is 2. The third kappa shape index (κ3) is 2.54. The molecule has 3 N–H and O–H groups in total. The van der Waals surface area contributed by atoms with Gasteiger partial charge in [0.05, 0.1) is 0 Å². The van der Waals surface area contributed by atoms with Gasteiger partial charge in [0.1, 0.15) is 11.9 Å². The zero-order valence-electron chi connectivity index (χ0n) is 9.82. The lowest BCUT2D eigenvalue weighted by Crippen LogP contribution is -2.06. The summed E-state index contributed by atoms with van der Waals surface area (Å²) in [5.74, 6) is -0.372. The second-order valence-electron chi connectivity index (χ2n) is 4.18. The van der Waals surface area contributed by atoms with Gasteiger partial charge in [-0.2, -0.15) is 0 Å². The minimum absolute atomic E-state index is 0.372. The molecule has 0 radical (unpaired) electrons. The van der Waals surface area contributed by atoms with E-state index >= 15 is 0 Å². The van der Waals surface area contributed by atoms with Gasteiger partial charge in [-0.25, -0.2) is 4.39 Å². The topological polar surface area (TPSA) is 46.2 Å². The number of rotatable bonds is 2. The van der Waals surface area contributed by atoms with E-state index in [1.54, 1.807) is 24.3 Å². The van der Waals surface area contributed by atoms with Crippen LogP contribution >= 0.6 is 15.9 Å². The summed E-state index contributed by atoms with van der Waals surface area (Å²) in [6.07, 6.45) is -0.932. The zero-order chi connectivity index (χ0) is 13.3. The summed E-state index contributed by atoms with van der Waals surface area (Å²) in [6.45, 7) is 1.83. The highest BCUT2D eigenvalue weighted by molar-refractivity contribution is 9.10. The second-order valence-corrected chi connectivity index (χ2v) is 5.09. The van der Waals surface area contributed by atoms with Crippen LogP contribution in [0.1, 0.15) is 22.8 Å². The number of nitrogens with two attached hydrogens (primary N) is 1. The fraction of sp³-hybridized carbons (Fsp3) is 0.143. The first-order valence-corrected chi connectivity index (χ1v) is 6.27. The number of aliphatic hydroxyl groups is 1. The Kier molecular flexibility index (Phi) is 3.68. The molecule has 0 heterocycles. The highest BCUT2D eigenvalue weighted by Crippen LogP contribution is 2.31. The summed E-state index contributed by atoms with van der Waals surface area (Å²) in [7, 11) is 0. The summed E-state index contributed by atoms with van der Waals surface area (Å²) in [6, 6.07) is 9.59. The van der Waals surface area contributed by atoms with Crippen LogP contribution < -0.4 is 5.73 Å². The summed E-state index contributed by atoms with van der Waals surface area (Å²) < 4.78 is 14.1. The molecule has 0 fully saturated rings. The summed E-state index contributed by atoms with van der Waals surface area (Å²) >= 11 is 3.33. The maximum Gasteiger partial charge on any atom is 0.123 e. The normalized spacial score (nSPS) is 12.4. The van der Waals surface area contributed by atoms with Crippen molar-refractivity contribution in [2.45, 2.75) is 13.0 Å². The fourth-order valence-electron chi connectivity index (χ4n) is 1.86. The molecule has 2 nitrogen and oxygen atoms in total. The summed E-state index contributed by atoms with van der Waals surface area (Å²) in [5, 5.41) is 10.3. The maximum atomic E-state index is 13.3. The quantitative estimate of drug-likeness (QED) is 0.833. The molecular formula is C14H13BrFNO. The number of anilines is 1. The Hall–Kier alpha value is -1.39. The van der Waals surface area contributed by atoms with Crippen molar-refractivity contribution < 1.29 is 9.50 Å². The van der Waals surface area contributed by atoms with E-state index in [9.17, 15) is 9.50 Å².